The van der Waals surface area contributed by atoms with Crippen LogP contribution in [0.2, 0.25) is 15.1 Å². The van der Waals surface area contributed by atoms with Gasteiger partial charge in [-0.3, -0.25) is 14.2 Å². The Hall–Kier alpha value is -3.36. The van der Waals surface area contributed by atoms with Gasteiger partial charge in [0.15, 0.2) is 4.80 Å². The molecule has 1 aliphatic rings. The van der Waals surface area contributed by atoms with Crippen LogP contribution in [0.4, 0.5) is 0 Å². The van der Waals surface area contributed by atoms with Gasteiger partial charge >= 0.3 is 0 Å². The number of hydrogen-bond acceptors (Lipinski definition) is 5. The van der Waals surface area contributed by atoms with Crippen molar-refractivity contribution in [3.63, 3.8) is 0 Å². The summed E-state index contributed by atoms with van der Waals surface area (Å²) >= 11 is 19.7. The number of likely N-dealkylation sites (N-methyl/N-ethyl adjacent to an activating group) is 1. The summed E-state index contributed by atoms with van der Waals surface area (Å²) in [5, 5.41) is 1.50. The third kappa shape index (κ3) is 6.06. The van der Waals surface area contributed by atoms with Crippen LogP contribution in [-0.4, -0.2) is 28.5 Å². The fourth-order valence-corrected chi connectivity index (χ4v) is 6.38. The van der Waals surface area contributed by atoms with Crippen molar-refractivity contribution in [2.75, 3.05) is 13.1 Å². The van der Waals surface area contributed by atoms with Crippen molar-refractivity contribution in [1.82, 2.24) is 9.47 Å². The van der Waals surface area contributed by atoms with Crippen LogP contribution in [0.15, 0.2) is 87.8 Å². The smallest absolute Gasteiger partial charge is 0.271 e. The lowest BCUT2D eigenvalue weighted by molar-refractivity contribution is -0.127. The second-order valence-electron chi connectivity index (χ2n) is 9.69. The number of rotatable bonds is 8. The number of hydrogen-bond donors (Lipinski definition) is 0. The van der Waals surface area contributed by atoms with Crippen molar-refractivity contribution in [3.8, 4) is 5.75 Å². The minimum atomic E-state index is -0.644. The first-order valence-corrected chi connectivity index (χ1v) is 15.4. The Balaban J connectivity index is 1.59. The van der Waals surface area contributed by atoms with Crippen molar-refractivity contribution >= 4 is 58.1 Å². The maximum atomic E-state index is 14.1. The van der Waals surface area contributed by atoms with Crippen molar-refractivity contribution in [2.24, 2.45) is 4.99 Å². The van der Waals surface area contributed by atoms with Gasteiger partial charge in [-0.2, -0.15) is 0 Å². The lowest BCUT2D eigenvalue weighted by atomic mass is 9.94. The largest absolute Gasteiger partial charge is 0.488 e. The zero-order chi connectivity index (χ0) is 30.0. The zero-order valence-corrected chi connectivity index (χ0v) is 26.3. The second kappa shape index (κ2) is 12.9. The molecule has 0 N–H and O–H groups in total. The fourth-order valence-electron chi connectivity index (χ4n) is 4.90. The number of aromatic nitrogens is 1. The molecule has 0 spiro atoms. The Morgan fingerprint density at radius 1 is 1.02 bits per heavy atom. The molecule has 1 amide bonds. The molecule has 1 aliphatic heterocycles. The quantitative estimate of drug-likeness (QED) is 0.217. The van der Waals surface area contributed by atoms with Crippen LogP contribution >= 0.6 is 46.1 Å². The standard InChI is InChI=1S/C32H28Cl3N3O3S/c1-4-37(5-2)31(40)28-19(3)36-32-38(29(28)21-11-13-23(33)14-12-21)30(39)27(42-32)17-22-8-6-7-9-26(22)41-18-20-10-15-24(34)25(35)16-20/h6-17,29H,4-5,18H2,1-3H3/b27-17+/t29-/m0/s1. The van der Waals surface area contributed by atoms with E-state index >= 15 is 0 Å². The Morgan fingerprint density at radius 2 is 1.74 bits per heavy atom. The molecule has 0 saturated carbocycles. The van der Waals surface area contributed by atoms with E-state index < -0.39 is 6.04 Å². The Kier molecular flexibility index (Phi) is 9.23. The number of carbonyl (C=O) groups is 1. The van der Waals surface area contributed by atoms with Gasteiger partial charge in [-0.1, -0.05) is 82.5 Å². The highest BCUT2D eigenvalue weighted by atomic mass is 35.5. The zero-order valence-electron chi connectivity index (χ0n) is 23.2. The third-order valence-electron chi connectivity index (χ3n) is 7.07. The van der Waals surface area contributed by atoms with Crippen LogP contribution in [0.25, 0.3) is 6.08 Å². The van der Waals surface area contributed by atoms with Gasteiger partial charge in [-0.15, -0.1) is 0 Å². The molecule has 0 unspecified atom stereocenters. The molecule has 0 aliphatic carbocycles. The summed E-state index contributed by atoms with van der Waals surface area (Å²) in [6.07, 6.45) is 1.80. The van der Waals surface area contributed by atoms with Gasteiger partial charge in [0, 0.05) is 23.7 Å². The topological polar surface area (TPSA) is 63.9 Å². The number of para-hydroxylation sites is 1. The predicted octanol–water partition coefficient (Wildman–Crippen LogP) is 6.64. The van der Waals surface area contributed by atoms with Crippen LogP contribution in [-0.2, 0) is 11.4 Å². The molecule has 1 atom stereocenters. The van der Waals surface area contributed by atoms with Gasteiger partial charge in [0.2, 0.25) is 0 Å². The van der Waals surface area contributed by atoms with Crippen molar-refractivity contribution in [3.05, 3.63) is 129 Å². The SMILES string of the molecule is CCN(CC)C(=O)C1=C(C)N=c2s/c(=C/c3ccccc3OCc3ccc(Cl)c(Cl)c3)c(=O)n2[C@H]1c1ccc(Cl)cc1. The van der Waals surface area contributed by atoms with Crippen molar-refractivity contribution < 1.29 is 9.53 Å². The minimum absolute atomic E-state index is 0.142. The number of halogens is 3. The number of nitrogens with zero attached hydrogens (tertiary/aromatic N) is 3. The van der Waals surface area contributed by atoms with E-state index in [0.717, 1.165) is 16.7 Å². The van der Waals surface area contributed by atoms with E-state index in [0.29, 0.717) is 54.5 Å². The average Bonchev–Trinajstić information content (AvgIpc) is 3.28. The highest BCUT2D eigenvalue weighted by Gasteiger charge is 2.34. The van der Waals surface area contributed by atoms with Crippen LogP contribution in [0.3, 0.4) is 0 Å². The molecule has 5 rings (SSSR count). The molecule has 4 aromatic rings. The fraction of sp³-hybridized carbons (Fsp3) is 0.219. The van der Waals surface area contributed by atoms with Gasteiger partial charge in [0.05, 0.1) is 31.9 Å². The molecule has 6 nitrogen and oxygen atoms in total. The van der Waals surface area contributed by atoms with E-state index in [2.05, 4.69) is 0 Å². The van der Waals surface area contributed by atoms with Crippen LogP contribution < -0.4 is 19.6 Å². The van der Waals surface area contributed by atoms with E-state index in [9.17, 15) is 9.59 Å². The summed E-state index contributed by atoms with van der Waals surface area (Å²) in [5.41, 5.74) is 3.20. The molecule has 0 radical (unpaired) electrons. The molecule has 42 heavy (non-hydrogen) atoms. The first-order valence-electron chi connectivity index (χ1n) is 13.4. The van der Waals surface area contributed by atoms with Gasteiger partial charge in [-0.05, 0) is 68.3 Å². The maximum absolute atomic E-state index is 14.1. The number of allylic oxidation sites excluding steroid dienone is 1. The van der Waals surface area contributed by atoms with Gasteiger partial charge in [0.1, 0.15) is 12.4 Å². The normalized spacial score (nSPS) is 14.9. The Labute approximate surface area is 262 Å². The molecule has 0 bridgehead atoms. The highest BCUT2D eigenvalue weighted by Crippen LogP contribution is 2.32. The summed E-state index contributed by atoms with van der Waals surface area (Å²) in [6, 6.07) is 19.4. The molecule has 3 aromatic carbocycles. The van der Waals surface area contributed by atoms with Crippen molar-refractivity contribution in [1.29, 1.82) is 0 Å². The molecule has 10 heteroatoms. The molecule has 1 aromatic heterocycles. The summed E-state index contributed by atoms with van der Waals surface area (Å²) in [6.45, 7) is 7.06. The summed E-state index contributed by atoms with van der Waals surface area (Å²) in [5.74, 6) is 0.466. The van der Waals surface area contributed by atoms with Crippen LogP contribution in [0.1, 0.15) is 43.5 Å². The van der Waals surface area contributed by atoms with Crippen LogP contribution in [0, 0.1) is 0 Å². The number of carbonyl (C=O) groups excluding carboxylic acids is 1. The molecule has 216 valence electrons. The summed E-state index contributed by atoms with van der Waals surface area (Å²) in [4.78, 5) is 34.8. The maximum Gasteiger partial charge on any atom is 0.271 e. The molecule has 2 heterocycles. The Bertz CT molecular complexity index is 1860. The minimum Gasteiger partial charge on any atom is -0.488 e. The molecular weight excluding hydrogens is 613 g/mol. The van der Waals surface area contributed by atoms with E-state index in [4.69, 9.17) is 44.5 Å². The van der Waals surface area contributed by atoms with Crippen molar-refractivity contribution in [2.45, 2.75) is 33.4 Å². The predicted molar refractivity (Wildman–Crippen MR) is 170 cm³/mol. The highest BCUT2D eigenvalue weighted by molar-refractivity contribution is 7.07. The number of fused-ring (bicyclic) bond motifs is 1. The lowest BCUT2D eigenvalue weighted by Crippen LogP contribution is -2.43. The first kappa shape index (κ1) is 30.1. The molecule has 0 fully saturated rings. The van der Waals surface area contributed by atoms with Gasteiger partial charge < -0.3 is 9.64 Å². The van der Waals surface area contributed by atoms with Gasteiger partial charge in [0.25, 0.3) is 11.5 Å². The Morgan fingerprint density at radius 3 is 2.43 bits per heavy atom. The van der Waals surface area contributed by atoms with E-state index in [-0.39, 0.29) is 18.1 Å². The lowest BCUT2D eigenvalue weighted by Gasteiger charge is -2.29. The van der Waals surface area contributed by atoms with E-state index in [1.54, 1.807) is 39.8 Å². The van der Waals surface area contributed by atoms with Gasteiger partial charge in [-0.25, -0.2) is 4.99 Å². The third-order valence-corrected chi connectivity index (χ3v) is 9.05. The van der Waals surface area contributed by atoms with E-state index in [1.165, 1.54) is 11.3 Å². The van der Waals surface area contributed by atoms with Crippen LogP contribution in [0.5, 0.6) is 5.75 Å². The summed E-state index contributed by atoms with van der Waals surface area (Å²) < 4.78 is 8.21. The number of ether oxygens (including phenoxy) is 1. The van der Waals surface area contributed by atoms with E-state index in [1.807, 2.05) is 63.2 Å². The number of benzene rings is 3. The second-order valence-corrected chi connectivity index (χ2v) is 11.9. The molecule has 0 saturated heterocycles. The number of amides is 1. The molecular formula is C32H28Cl3N3O3S. The summed E-state index contributed by atoms with van der Waals surface area (Å²) in [7, 11) is 0. The number of thiazole rings is 1. The monoisotopic (exact) mass is 639 g/mol. The average molecular weight is 641 g/mol. The first-order chi connectivity index (χ1) is 20.2.